The third-order valence-electron chi connectivity index (χ3n) is 5.95. The highest BCUT2D eigenvalue weighted by atomic mass is 32.2. The topological polar surface area (TPSA) is 74.6 Å². The zero-order chi connectivity index (χ0) is 21.8. The lowest BCUT2D eigenvalue weighted by Gasteiger charge is -2.13. The minimum Gasteiger partial charge on any atom is -0.393 e. The predicted molar refractivity (Wildman–Crippen MR) is 125 cm³/mol. The number of hydrogen-bond donors (Lipinski definition) is 2. The molecule has 0 fully saturated rings. The lowest BCUT2D eigenvalue weighted by atomic mass is 10.0. The van der Waals surface area contributed by atoms with Gasteiger partial charge in [-0.3, -0.25) is 4.55 Å². The SMILES string of the molecule is CCCCCCCCCCCC(CCCCCCCCCCC(C)O)S(=O)(=O)O. The van der Waals surface area contributed by atoms with Crippen LogP contribution in [0.1, 0.15) is 142 Å². The van der Waals surface area contributed by atoms with E-state index >= 15 is 0 Å². The van der Waals surface area contributed by atoms with Crippen LogP contribution in [0, 0.1) is 0 Å². The minimum atomic E-state index is -3.91. The highest BCUT2D eigenvalue weighted by Crippen LogP contribution is 2.19. The Morgan fingerprint density at radius 2 is 0.897 bits per heavy atom. The molecule has 29 heavy (non-hydrogen) atoms. The summed E-state index contributed by atoms with van der Waals surface area (Å²) in [5.41, 5.74) is 0. The Balaban J connectivity index is 3.65. The Kier molecular flexibility index (Phi) is 19.7. The maximum absolute atomic E-state index is 11.7. The molecule has 0 rings (SSSR count). The number of aliphatic hydroxyl groups excluding tert-OH is 1. The summed E-state index contributed by atoms with van der Waals surface area (Å²) in [6.45, 7) is 4.07. The Morgan fingerprint density at radius 1 is 0.586 bits per heavy atom. The van der Waals surface area contributed by atoms with Gasteiger partial charge in [0.15, 0.2) is 0 Å². The van der Waals surface area contributed by atoms with Gasteiger partial charge in [0.1, 0.15) is 0 Å². The zero-order valence-electron chi connectivity index (χ0n) is 19.4. The van der Waals surface area contributed by atoms with E-state index in [9.17, 15) is 18.1 Å². The van der Waals surface area contributed by atoms with Gasteiger partial charge in [0.05, 0.1) is 11.4 Å². The Labute approximate surface area is 182 Å². The van der Waals surface area contributed by atoms with Gasteiger partial charge in [0, 0.05) is 0 Å². The van der Waals surface area contributed by atoms with Crippen LogP contribution in [0.25, 0.3) is 0 Å². The maximum Gasteiger partial charge on any atom is 0.267 e. The maximum atomic E-state index is 11.7. The van der Waals surface area contributed by atoms with E-state index in [0.717, 1.165) is 44.9 Å². The number of aliphatic hydroxyl groups is 1. The average Bonchev–Trinajstić information content (AvgIpc) is 2.65. The monoisotopic (exact) mass is 434 g/mol. The number of hydrogen-bond acceptors (Lipinski definition) is 3. The first-order valence-electron chi connectivity index (χ1n) is 12.5. The normalized spacial score (nSPS) is 14.2. The van der Waals surface area contributed by atoms with E-state index in [4.69, 9.17) is 0 Å². The molecule has 0 aliphatic heterocycles. The second kappa shape index (κ2) is 19.8. The summed E-state index contributed by atoms with van der Waals surface area (Å²) < 4.78 is 32.8. The predicted octanol–water partition coefficient (Wildman–Crippen LogP) is 7.45. The van der Waals surface area contributed by atoms with Crippen LogP contribution in [0.15, 0.2) is 0 Å². The van der Waals surface area contributed by atoms with Gasteiger partial charge in [-0.1, -0.05) is 116 Å². The van der Waals surface area contributed by atoms with Crippen molar-refractivity contribution in [2.75, 3.05) is 0 Å². The number of rotatable bonds is 22. The highest BCUT2D eigenvalue weighted by Gasteiger charge is 2.21. The van der Waals surface area contributed by atoms with Gasteiger partial charge in [0.25, 0.3) is 10.1 Å². The van der Waals surface area contributed by atoms with Crippen LogP contribution in [-0.4, -0.2) is 29.4 Å². The Hall–Kier alpha value is -0.130. The van der Waals surface area contributed by atoms with Crippen LogP contribution in [0.5, 0.6) is 0 Å². The second-order valence-electron chi connectivity index (χ2n) is 9.01. The first-order chi connectivity index (χ1) is 13.9. The molecule has 0 amide bonds. The van der Waals surface area contributed by atoms with E-state index in [1.807, 2.05) is 6.92 Å². The lowest BCUT2D eigenvalue weighted by molar-refractivity contribution is 0.180. The summed E-state index contributed by atoms with van der Waals surface area (Å²) >= 11 is 0. The summed E-state index contributed by atoms with van der Waals surface area (Å²) in [7, 11) is -3.91. The summed E-state index contributed by atoms with van der Waals surface area (Å²) in [5.74, 6) is 0. The molecule has 0 aromatic heterocycles. The molecule has 0 aromatic rings. The quantitative estimate of drug-likeness (QED) is 0.137. The van der Waals surface area contributed by atoms with Gasteiger partial charge >= 0.3 is 0 Å². The van der Waals surface area contributed by atoms with E-state index in [-0.39, 0.29) is 6.10 Å². The van der Waals surface area contributed by atoms with Crippen LogP contribution >= 0.6 is 0 Å². The van der Waals surface area contributed by atoms with E-state index in [1.165, 1.54) is 70.6 Å². The van der Waals surface area contributed by atoms with Crippen LogP contribution in [0.2, 0.25) is 0 Å². The van der Waals surface area contributed by atoms with E-state index in [2.05, 4.69) is 6.92 Å². The molecule has 0 spiro atoms. The van der Waals surface area contributed by atoms with Crippen molar-refractivity contribution in [2.45, 2.75) is 154 Å². The second-order valence-corrected chi connectivity index (χ2v) is 10.7. The van der Waals surface area contributed by atoms with E-state index in [0.29, 0.717) is 12.8 Å². The van der Waals surface area contributed by atoms with Gasteiger partial charge in [-0.25, -0.2) is 0 Å². The fraction of sp³-hybridized carbons (Fsp3) is 1.00. The molecule has 176 valence electrons. The fourth-order valence-electron chi connectivity index (χ4n) is 4.00. The molecule has 2 N–H and O–H groups in total. The molecule has 0 bridgehead atoms. The zero-order valence-corrected chi connectivity index (χ0v) is 20.2. The van der Waals surface area contributed by atoms with Crippen LogP contribution < -0.4 is 0 Å². The van der Waals surface area contributed by atoms with Crippen molar-refractivity contribution in [1.82, 2.24) is 0 Å². The van der Waals surface area contributed by atoms with Crippen molar-refractivity contribution in [3.63, 3.8) is 0 Å². The van der Waals surface area contributed by atoms with Gasteiger partial charge < -0.3 is 5.11 Å². The molecular formula is C24H50O4S. The smallest absolute Gasteiger partial charge is 0.267 e. The Bertz CT molecular complexity index is 434. The number of unbranched alkanes of at least 4 members (excludes halogenated alkanes) is 15. The molecule has 0 aliphatic carbocycles. The molecular weight excluding hydrogens is 384 g/mol. The first kappa shape index (κ1) is 28.9. The highest BCUT2D eigenvalue weighted by molar-refractivity contribution is 7.86. The van der Waals surface area contributed by atoms with Crippen molar-refractivity contribution in [1.29, 1.82) is 0 Å². The van der Waals surface area contributed by atoms with Crippen LogP contribution in [0.4, 0.5) is 0 Å². The minimum absolute atomic E-state index is 0.179. The van der Waals surface area contributed by atoms with Crippen LogP contribution in [-0.2, 0) is 10.1 Å². The third-order valence-corrected chi connectivity index (χ3v) is 7.26. The molecule has 0 heterocycles. The molecule has 0 saturated heterocycles. The summed E-state index contributed by atoms with van der Waals surface area (Å²) in [5, 5.41) is 8.66. The van der Waals surface area contributed by atoms with Gasteiger partial charge in [-0.2, -0.15) is 8.42 Å². The molecule has 0 aliphatic rings. The van der Waals surface area contributed by atoms with Crippen molar-refractivity contribution in [3.05, 3.63) is 0 Å². The van der Waals surface area contributed by atoms with Gasteiger partial charge in [-0.15, -0.1) is 0 Å². The fourth-order valence-corrected chi connectivity index (χ4v) is 4.93. The standard InChI is InChI=1S/C24H50O4S/c1-3-4-5-6-7-8-12-15-18-21-24(29(26,27)28)22-19-16-13-10-9-11-14-17-20-23(2)25/h23-25H,3-22H2,1-2H3,(H,26,27,28). The first-order valence-corrected chi connectivity index (χ1v) is 14.0. The van der Waals surface area contributed by atoms with Gasteiger partial charge in [0.2, 0.25) is 0 Å². The molecule has 4 nitrogen and oxygen atoms in total. The molecule has 2 atom stereocenters. The van der Waals surface area contributed by atoms with Crippen LogP contribution in [0.3, 0.4) is 0 Å². The largest absolute Gasteiger partial charge is 0.393 e. The average molecular weight is 435 g/mol. The van der Waals surface area contributed by atoms with E-state index < -0.39 is 15.4 Å². The van der Waals surface area contributed by atoms with Crippen molar-refractivity contribution in [3.8, 4) is 0 Å². The lowest BCUT2D eigenvalue weighted by Crippen LogP contribution is -2.20. The molecule has 0 aromatic carbocycles. The molecule has 0 radical (unpaired) electrons. The Morgan fingerprint density at radius 3 is 1.21 bits per heavy atom. The molecule has 0 saturated carbocycles. The molecule has 5 heteroatoms. The molecule has 2 unspecified atom stereocenters. The summed E-state index contributed by atoms with van der Waals surface area (Å²) in [4.78, 5) is 0. The van der Waals surface area contributed by atoms with E-state index in [1.54, 1.807) is 0 Å². The van der Waals surface area contributed by atoms with Crippen molar-refractivity contribution >= 4 is 10.1 Å². The third kappa shape index (κ3) is 20.9. The van der Waals surface area contributed by atoms with Gasteiger partial charge in [-0.05, 0) is 26.2 Å². The summed E-state index contributed by atoms with van der Waals surface area (Å²) in [6, 6.07) is 0. The summed E-state index contributed by atoms with van der Waals surface area (Å²) in [6.07, 6.45) is 21.9. The van der Waals surface area contributed by atoms with Crippen molar-refractivity contribution in [2.24, 2.45) is 0 Å². The van der Waals surface area contributed by atoms with Crippen molar-refractivity contribution < 1.29 is 18.1 Å².